The van der Waals surface area contributed by atoms with Crippen LogP contribution in [-0.2, 0) is 0 Å². The van der Waals surface area contributed by atoms with Crippen molar-refractivity contribution in [2.24, 2.45) is 0 Å². The first-order valence-electron chi connectivity index (χ1n) is 4.94. The number of anilines is 2. The molecule has 0 atom stereocenters. The normalized spacial score (nSPS) is 10.2. The molecule has 1 aromatic carbocycles. The molecule has 0 amide bonds. The molecule has 0 aliphatic heterocycles. The predicted molar refractivity (Wildman–Crippen MR) is 59.2 cm³/mol. The van der Waals surface area contributed by atoms with E-state index in [-0.39, 0.29) is 17.1 Å². The van der Waals surface area contributed by atoms with E-state index in [1.165, 1.54) is 18.3 Å². The Morgan fingerprint density at radius 2 is 1.89 bits per heavy atom. The lowest BCUT2D eigenvalue weighted by atomic mass is 10.2. The van der Waals surface area contributed by atoms with E-state index in [0.717, 1.165) is 12.1 Å². The number of rotatable bonds is 3. The Labute approximate surface area is 100 Å². The standard InChI is InChI=1S/C12H7F3N2O/c13-8-3-4-9(11(15)10(8)14)17-12-7(6-18)2-1-5-16-12/h1-6H,(H,16,17). The van der Waals surface area contributed by atoms with E-state index in [9.17, 15) is 18.0 Å². The Kier molecular flexibility index (Phi) is 3.27. The number of carbonyl (C=O) groups excluding carboxylic acids is 1. The van der Waals surface area contributed by atoms with Crippen molar-refractivity contribution in [1.82, 2.24) is 4.98 Å². The van der Waals surface area contributed by atoms with E-state index in [1.807, 2.05) is 0 Å². The van der Waals surface area contributed by atoms with Crippen molar-refractivity contribution < 1.29 is 18.0 Å². The van der Waals surface area contributed by atoms with Crippen molar-refractivity contribution in [3.63, 3.8) is 0 Å². The second kappa shape index (κ2) is 4.87. The molecule has 0 saturated heterocycles. The van der Waals surface area contributed by atoms with Crippen LogP contribution in [0.1, 0.15) is 10.4 Å². The smallest absolute Gasteiger partial charge is 0.196 e. The summed E-state index contributed by atoms with van der Waals surface area (Å²) in [7, 11) is 0. The second-order valence-corrected chi connectivity index (χ2v) is 3.41. The minimum Gasteiger partial charge on any atom is -0.337 e. The predicted octanol–water partition coefficient (Wildman–Crippen LogP) is 3.06. The van der Waals surface area contributed by atoms with Crippen LogP contribution < -0.4 is 5.32 Å². The van der Waals surface area contributed by atoms with Gasteiger partial charge >= 0.3 is 0 Å². The fourth-order valence-corrected chi connectivity index (χ4v) is 1.37. The van der Waals surface area contributed by atoms with Gasteiger partial charge in [0.15, 0.2) is 23.7 Å². The summed E-state index contributed by atoms with van der Waals surface area (Å²) in [5.74, 6) is -4.16. The van der Waals surface area contributed by atoms with Crippen molar-refractivity contribution in [3.8, 4) is 0 Å². The van der Waals surface area contributed by atoms with Gasteiger partial charge in [-0.3, -0.25) is 4.79 Å². The molecule has 1 N–H and O–H groups in total. The number of benzene rings is 1. The molecule has 18 heavy (non-hydrogen) atoms. The number of nitrogens with one attached hydrogen (secondary N) is 1. The summed E-state index contributed by atoms with van der Waals surface area (Å²) in [6.07, 6.45) is 1.90. The van der Waals surface area contributed by atoms with Crippen LogP contribution in [0.4, 0.5) is 24.7 Å². The second-order valence-electron chi connectivity index (χ2n) is 3.41. The molecule has 0 unspecified atom stereocenters. The summed E-state index contributed by atoms with van der Waals surface area (Å²) in [5.41, 5.74) is -0.114. The third-order valence-corrected chi connectivity index (χ3v) is 2.25. The number of aromatic nitrogens is 1. The molecule has 1 aromatic heterocycles. The summed E-state index contributed by atoms with van der Waals surface area (Å²) in [6, 6.07) is 4.79. The van der Waals surface area contributed by atoms with Crippen LogP contribution in [0.3, 0.4) is 0 Å². The Morgan fingerprint density at radius 1 is 1.11 bits per heavy atom. The van der Waals surface area contributed by atoms with Gasteiger partial charge in [0.05, 0.1) is 11.3 Å². The highest BCUT2D eigenvalue weighted by molar-refractivity contribution is 5.83. The van der Waals surface area contributed by atoms with E-state index in [0.29, 0.717) is 6.29 Å². The van der Waals surface area contributed by atoms with E-state index < -0.39 is 17.5 Å². The number of carbonyl (C=O) groups is 1. The number of pyridine rings is 1. The molecular formula is C12H7F3N2O. The Morgan fingerprint density at radius 3 is 2.61 bits per heavy atom. The Bertz CT molecular complexity index is 602. The molecule has 1 heterocycles. The third kappa shape index (κ3) is 2.17. The van der Waals surface area contributed by atoms with Crippen LogP contribution in [-0.4, -0.2) is 11.3 Å². The molecule has 0 radical (unpaired) electrons. The maximum absolute atomic E-state index is 13.4. The van der Waals surface area contributed by atoms with Gasteiger partial charge in [0.2, 0.25) is 0 Å². The Hall–Kier alpha value is -2.37. The SMILES string of the molecule is O=Cc1cccnc1Nc1ccc(F)c(F)c1F. The van der Waals surface area contributed by atoms with E-state index in [1.54, 1.807) is 0 Å². The number of hydrogen-bond donors (Lipinski definition) is 1. The summed E-state index contributed by atoms with van der Waals surface area (Å²) < 4.78 is 39.1. The molecule has 0 bridgehead atoms. The topological polar surface area (TPSA) is 42.0 Å². The maximum Gasteiger partial charge on any atom is 0.196 e. The van der Waals surface area contributed by atoms with Crippen LogP contribution in [0.15, 0.2) is 30.5 Å². The molecule has 0 fully saturated rings. The fraction of sp³-hybridized carbons (Fsp3) is 0. The van der Waals surface area contributed by atoms with Crippen LogP contribution in [0.5, 0.6) is 0 Å². The molecule has 0 aliphatic rings. The monoisotopic (exact) mass is 252 g/mol. The van der Waals surface area contributed by atoms with Crippen molar-refractivity contribution in [1.29, 1.82) is 0 Å². The van der Waals surface area contributed by atoms with Crippen molar-refractivity contribution >= 4 is 17.8 Å². The summed E-state index contributed by atoms with van der Waals surface area (Å²) >= 11 is 0. The summed E-state index contributed by atoms with van der Waals surface area (Å²) in [6.45, 7) is 0. The van der Waals surface area contributed by atoms with Crippen molar-refractivity contribution in [2.45, 2.75) is 0 Å². The van der Waals surface area contributed by atoms with Gasteiger partial charge in [0.1, 0.15) is 5.82 Å². The molecule has 92 valence electrons. The molecule has 2 rings (SSSR count). The average molecular weight is 252 g/mol. The van der Waals surface area contributed by atoms with Gasteiger partial charge in [0, 0.05) is 6.20 Å². The zero-order valence-corrected chi connectivity index (χ0v) is 8.95. The van der Waals surface area contributed by atoms with Crippen LogP contribution in [0.2, 0.25) is 0 Å². The molecular weight excluding hydrogens is 245 g/mol. The van der Waals surface area contributed by atoms with E-state index in [4.69, 9.17) is 0 Å². The minimum absolute atomic E-state index is 0.0670. The van der Waals surface area contributed by atoms with Gasteiger partial charge < -0.3 is 5.32 Å². The first-order chi connectivity index (χ1) is 8.63. The molecule has 0 aliphatic carbocycles. The Balaban J connectivity index is 2.40. The first kappa shape index (κ1) is 12.1. The average Bonchev–Trinajstić information content (AvgIpc) is 2.40. The largest absolute Gasteiger partial charge is 0.337 e. The molecule has 0 saturated carbocycles. The lowest BCUT2D eigenvalue weighted by Gasteiger charge is -2.08. The van der Waals surface area contributed by atoms with Crippen LogP contribution >= 0.6 is 0 Å². The van der Waals surface area contributed by atoms with Crippen molar-refractivity contribution in [3.05, 3.63) is 53.5 Å². The van der Waals surface area contributed by atoms with Gasteiger partial charge in [-0.15, -0.1) is 0 Å². The molecule has 0 spiro atoms. The highest BCUT2D eigenvalue weighted by atomic mass is 19.2. The zero-order valence-electron chi connectivity index (χ0n) is 8.95. The van der Waals surface area contributed by atoms with Gasteiger partial charge in [0.25, 0.3) is 0 Å². The van der Waals surface area contributed by atoms with Gasteiger partial charge in [-0.1, -0.05) is 0 Å². The first-order valence-corrected chi connectivity index (χ1v) is 4.94. The highest BCUT2D eigenvalue weighted by Crippen LogP contribution is 2.23. The van der Waals surface area contributed by atoms with Gasteiger partial charge in [-0.25, -0.2) is 18.2 Å². The van der Waals surface area contributed by atoms with Crippen molar-refractivity contribution in [2.75, 3.05) is 5.32 Å². The third-order valence-electron chi connectivity index (χ3n) is 2.25. The molecule has 6 heteroatoms. The number of halogens is 3. The zero-order chi connectivity index (χ0) is 13.1. The lowest BCUT2D eigenvalue weighted by molar-refractivity contribution is 0.112. The van der Waals surface area contributed by atoms with Crippen LogP contribution in [0.25, 0.3) is 0 Å². The quantitative estimate of drug-likeness (QED) is 0.674. The maximum atomic E-state index is 13.4. The van der Waals surface area contributed by atoms with E-state index in [2.05, 4.69) is 10.3 Å². The summed E-state index contributed by atoms with van der Waals surface area (Å²) in [5, 5.41) is 2.44. The minimum atomic E-state index is -1.58. The molecule has 2 aromatic rings. The molecule has 3 nitrogen and oxygen atoms in total. The van der Waals surface area contributed by atoms with Gasteiger partial charge in [-0.2, -0.15) is 0 Å². The highest BCUT2D eigenvalue weighted by Gasteiger charge is 2.14. The fourth-order valence-electron chi connectivity index (χ4n) is 1.37. The van der Waals surface area contributed by atoms with E-state index >= 15 is 0 Å². The number of hydrogen-bond acceptors (Lipinski definition) is 3. The van der Waals surface area contributed by atoms with Gasteiger partial charge in [-0.05, 0) is 24.3 Å². The summed E-state index contributed by atoms with van der Waals surface area (Å²) in [4.78, 5) is 14.5. The number of nitrogens with zero attached hydrogens (tertiary/aromatic N) is 1. The van der Waals surface area contributed by atoms with Crippen LogP contribution in [0, 0.1) is 17.5 Å². The lowest BCUT2D eigenvalue weighted by Crippen LogP contribution is -2.02. The number of aldehydes is 1.